The van der Waals surface area contributed by atoms with Crippen molar-refractivity contribution in [1.29, 1.82) is 5.26 Å². The van der Waals surface area contributed by atoms with Crippen molar-refractivity contribution in [2.75, 3.05) is 60.3 Å². The van der Waals surface area contributed by atoms with Crippen molar-refractivity contribution >= 4 is 55.4 Å². The second kappa shape index (κ2) is 35.3. The van der Waals surface area contributed by atoms with Gasteiger partial charge in [0.1, 0.15) is 11.9 Å². The first-order valence-corrected chi connectivity index (χ1v) is 25.7. The molecule has 2 radical (unpaired) electrons. The second-order valence-electron chi connectivity index (χ2n) is 19.3. The number of hydrogen-bond donors (Lipinski definition) is 5. The molecule has 1 fully saturated rings. The molecule has 0 spiro atoms. The van der Waals surface area contributed by atoms with E-state index >= 15 is 0 Å². The highest BCUT2D eigenvalue weighted by molar-refractivity contribution is 6.08. The lowest BCUT2D eigenvalue weighted by Gasteiger charge is -2.39. The molecule has 74 heavy (non-hydrogen) atoms. The van der Waals surface area contributed by atoms with E-state index in [1.165, 1.54) is 44.9 Å². The minimum atomic E-state index is -0.968. The third kappa shape index (κ3) is 22.2. The van der Waals surface area contributed by atoms with Crippen molar-refractivity contribution in [3.63, 3.8) is 0 Å². The molecule has 410 valence electrons. The zero-order valence-electron chi connectivity index (χ0n) is 46.5. The molecule has 5 N–H and O–H groups in total. The molecule has 3 rings (SSSR count). The predicted molar refractivity (Wildman–Crippen MR) is 287 cm³/mol. The lowest BCUT2D eigenvalue weighted by Crippen LogP contribution is -2.54. The number of ether oxygens (including phenoxy) is 2. The maximum absolute atomic E-state index is 14.0. The van der Waals surface area contributed by atoms with E-state index in [9.17, 15) is 38.8 Å². The second-order valence-corrected chi connectivity index (χ2v) is 19.3. The summed E-state index contributed by atoms with van der Waals surface area (Å²) in [7, 11) is 14.3. The molecule has 0 saturated carbocycles. The van der Waals surface area contributed by atoms with E-state index in [0.29, 0.717) is 49.8 Å². The number of nitrogens with one attached hydrogen (secondary N) is 5. The number of carbonyl (C=O) groups is 7. The molecule has 1 aromatic heterocycles. The van der Waals surface area contributed by atoms with Gasteiger partial charge in [-0.3, -0.25) is 33.6 Å². The van der Waals surface area contributed by atoms with Gasteiger partial charge in [-0.25, -0.2) is 9.97 Å². The number of benzene rings is 1. The van der Waals surface area contributed by atoms with Crippen LogP contribution in [-0.2, 0) is 51.0 Å². The average molecular weight is 1030 g/mol. The zero-order chi connectivity index (χ0) is 56.1. The Labute approximate surface area is 442 Å². The minimum absolute atomic E-state index is 0.00850. The first-order chi connectivity index (χ1) is 35.1. The first-order valence-electron chi connectivity index (χ1n) is 25.7. The van der Waals surface area contributed by atoms with E-state index in [-0.39, 0.29) is 67.9 Å². The van der Waals surface area contributed by atoms with Gasteiger partial charge >= 0.3 is 0 Å². The third-order valence-corrected chi connectivity index (χ3v) is 13.1. The van der Waals surface area contributed by atoms with E-state index in [1.54, 1.807) is 43.1 Å². The molecule has 1 saturated heterocycles. The van der Waals surface area contributed by atoms with Crippen LogP contribution in [0.15, 0.2) is 36.7 Å². The van der Waals surface area contributed by atoms with Crippen molar-refractivity contribution in [2.45, 2.75) is 156 Å². The summed E-state index contributed by atoms with van der Waals surface area (Å²) in [4.78, 5) is 103. The number of amides is 7. The normalized spacial score (nSPS) is 16.1. The highest BCUT2D eigenvalue weighted by Crippen LogP contribution is 2.29. The van der Waals surface area contributed by atoms with Crippen LogP contribution in [-0.4, -0.2) is 172 Å². The number of methoxy groups -OCH3 is 2. The Morgan fingerprint density at radius 3 is 2.12 bits per heavy atom. The van der Waals surface area contributed by atoms with Gasteiger partial charge in [-0.2, -0.15) is 5.26 Å². The number of nitriles is 1. The lowest BCUT2D eigenvalue weighted by atomic mass is 9.90. The van der Waals surface area contributed by atoms with Crippen molar-refractivity contribution in [3.8, 4) is 6.07 Å². The van der Waals surface area contributed by atoms with Crippen LogP contribution in [0.4, 0.5) is 5.69 Å². The SMILES string of the molecule is CC(C)C(C)N(C)C.CCC.[B]Cc1ncc(C(=O)NC(C)C(=O)NCC(=O)Nc2cccc(CC(CC#N)NC(=O)C(C)C(OC)C3CCCN3C(=O)CC(OC)C(C(C)CC)N(C)C(=O)CNC=O)c2)cn1. The maximum Gasteiger partial charge on any atom is 0.255 e. The molecule has 2 heterocycles. The standard InChI is InChI=1S/C43H61BN10O9.C7H17N.C3H8/c1-8-26(2)39(53(5)38(58)24-46-25-55)34(62-6)19-37(57)54-16-10-13-33(54)40(63-7)27(3)41(59)52-32(14-15-45)18-29-11-9-12-31(17-29)51-36(56)23-49-42(60)28(4)50-43(61)30-21-47-35(20-44)48-22-30;1-6(2)7(3)8(4)5;1-3-2/h9,11-12,17,21-22,25-28,32-34,39-40H,8,10,13-14,16,18-20,23-24H2,1-7H3,(H,46,55)(H,49,60)(H,50,61)(H,51,56)(H,52,59);6-7H,1-5H3;3H2,1-2H3. The van der Waals surface area contributed by atoms with E-state index < -0.39 is 60.0 Å². The molecule has 1 aromatic carbocycles. The summed E-state index contributed by atoms with van der Waals surface area (Å²) < 4.78 is 11.7. The van der Waals surface area contributed by atoms with Crippen LogP contribution >= 0.6 is 0 Å². The molecule has 9 unspecified atom stereocenters. The molecule has 1 aliphatic rings. The van der Waals surface area contributed by atoms with Gasteiger partial charge in [-0.15, -0.1) is 0 Å². The molecule has 2 aromatic rings. The Balaban J connectivity index is 0.00000224. The average Bonchev–Trinajstić information content (AvgIpc) is 3.87. The first kappa shape index (κ1) is 66.0. The summed E-state index contributed by atoms with van der Waals surface area (Å²) in [6.45, 7) is 18.0. The molecule has 21 heteroatoms. The van der Waals surface area contributed by atoms with Crippen molar-refractivity contribution in [2.24, 2.45) is 17.8 Å². The summed E-state index contributed by atoms with van der Waals surface area (Å²) in [6.07, 6.45) is 5.36. The fourth-order valence-corrected chi connectivity index (χ4v) is 8.30. The van der Waals surface area contributed by atoms with Gasteiger partial charge in [0.15, 0.2) is 0 Å². The molecule has 20 nitrogen and oxygen atoms in total. The Hall–Kier alpha value is -5.98. The zero-order valence-corrected chi connectivity index (χ0v) is 46.5. The van der Waals surface area contributed by atoms with Gasteiger partial charge in [0.2, 0.25) is 35.9 Å². The Morgan fingerprint density at radius 2 is 1.59 bits per heavy atom. The van der Waals surface area contributed by atoms with Gasteiger partial charge in [-0.1, -0.05) is 73.4 Å². The quantitative estimate of drug-likeness (QED) is 0.0634. The highest BCUT2D eigenvalue weighted by Gasteiger charge is 2.42. The Kier molecular flexibility index (Phi) is 31.5. The fourth-order valence-electron chi connectivity index (χ4n) is 8.30. The highest BCUT2D eigenvalue weighted by atomic mass is 16.5. The molecular formula is C53H86BN11O9. The molecule has 1 aliphatic heterocycles. The lowest BCUT2D eigenvalue weighted by molar-refractivity contribution is -0.145. The molecule has 0 bridgehead atoms. The summed E-state index contributed by atoms with van der Waals surface area (Å²) in [5.74, 6) is -2.17. The summed E-state index contributed by atoms with van der Waals surface area (Å²) >= 11 is 0. The summed E-state index contributed by atoms with van der Waals surface area (Å²) in [5, 5.41) is 22.8. The number of nitrogens with zero attached hydrogens (tertiary/aromatic N) is 6. The van der Waals surface area contributed by atoms with Crippen molar-refractivity contribution < 1.29 is 43.0 Å². The van der Waals surface area contributed by atoms with Crippen LogP contribution in [0.3, 0.4) is 0 Å². The van der Waals surface area contributed by atoms with Crippen LogP contribution in [0, 0.1) is 29.1 Å². The van der Waals surface area contributed by atoms with Gasteiger partial charge in [0.05, 0.1) is 75.6 Å². The number of rotatable bonds is 27. The van der Waals surface area contributed by atoms with Crippen LogP contribution in [0.1, 0.15) is 123 Å². The topological polar surface area (TPSA) is 257 Å². The smallest absolute Gasteiger partial charge is 0.255 e. The van der Waals surface area contributed by atoms with Gasteiger partial charge in [0, 0.05) is 58.0 Å². The number of hydrogen-bond acceptors (Lipinski definition) is 13. The van der Waals surface area contributed by atoms with Gasteiger partial charge in [0.25, 0.3) is 5.91 Å². The number of likely N-dealkylation sites (N-methyl/N-ethyl adjacent to an activating group) is 1. The van der Waals surface area contributed by atoms with Gasteiger partial charge < -0.3 is 50.8 Å². The van der Waals surface area contributed by atoms with Crippen LogP contribution in [0.5, 0.6) is 0 Å². The van der Waals surface area contributed by atoms with Gasteiger partial charge in [-0.05, 0) is 83.1 Å². The fraction of sp³-hybridized carbons (Fsp3) is 0.660. The number of carbonyl (C=O) groups excluding carboxylic acids is 7. The number of likely N-dealkylation sites (tertiary alicyclic amines) is 1. The Morgan fingerprint density at radius 1 is 0.946 bits per heavy atom. The monoisotopic (exact) mass is 1030 g/mol. The minimum Gasteiger partial charge on any atom is -0.379 e. The molecule has 0 aliphatic carbocycles. The van der Waals surface area contributed by atoms with E-state index in [1.807, 2.05) is 13.8 Å². The van der Waals surface area contributed by atoms with E-state index in [2.05, 4.69) is 96.2 Å². The van der Waals surface area contributed by atoms with Crippen molar-refractivity contribution in [3.05, 3.63) is 53.6 Å². The maximum atomic E-state index is 14.0. The van der Waals surface area contributed by atoms with Crippen LogP contribution < -0.4 is 26.6 Å². The largest absolute Gasteiger partial charge is 0.379 e. The van der Waals surface area contributed by atoms with Crippen molar-refractivity contribution in [1.82, 2.24) is 45.9 Å². The summed E-state index contributed by atoms with van der Waals surface area (Å²) in [5.41, 5.74) is 1.29. The summed E-state index contributed by atoms with van der Waals surface area (Å²) in [6, 6.07) is 7.27. The van der Waals surface area contributed by atoms with Crippen LogP contribution in [0.2, 0.25) is 0 Å². The molecule has 7 amide bonds. The predicted octanol–water partition coefficient (Wildman–Crippen LogP) is 3.63. The number of anilines is 1. The molecule has 9 atom stereocenters. The van der Waals surface area contributed by atoms with Crippen LogP contribution in [0.25, 0.3) is 0 Å². The van der Waals surface area contributed by atoms with E-state index in [0.717, 1.165) is 11.5 Å². The van der Waals surface area contributed by atoms with E-state index in [4.69, 9.17) is 17.3 Å². The Bertz CT molecular complexity index is 2080. The molecular weight excluding hydrogens is 945 g/mol. The third-order valence-electron chi connectivity index (χ3n) is 13.1. The number of aromatic nitrogens is 2.